The van der Waals surface area contributed by atoms with E-state index in [4.69, 9.17) is 21.1 Å². The maximum absolute atomic E-state index is 6.24. The van der Waals surface area contributed by atoms with E-state index in [1.807, 2.05) is 53.9 Å². The van der Waals surface area contributed by atoms with E-state index in [-0.39, 0.29) is 6.10 Å². The number of thiophene rings is 1. The van der Waals surface area contributed by atoms with Crippen molar-refractivity contribution in [3.8, 4) is 17.6 Å². The lowest BCUT2D eigenvalue weighted by Gasteiger charge is -2.16. The number of pyridine rings is 1. The first-order valence-electron chi connectivity index (χ1n) is 7.66. The van der Waals surface area contributed by atoms with Crippen molar-refractivity contribution in [3.63, 3.8) is 0 Å². The topological polar surface area (TPSA) is 31.4 Å². The van der Waals surface area contributed by atoms with Crippen molar-refractivity contribution in [2.75, 3.05) is 13.7 Å². The highest BCUT2D eigenvalue weighted by Gasteiger charge is 2.18. The van der Waals surface area contributed by atoms with Gasteiger partial charge in [0.2, 0.25) is 0 Å². The third kappa shape index (κ3) is 4.61. The van der Waals surface area contributed by atoms with Crippen molar-refractivity contribution in [2.24, 2.45) is 0 Å². The average Bonchev–Trinajstić information content (AvgIpc) is 3.18. The van der Waals surface area contributed by atoms with Gasteiger partial charge < -0.3 is 9.47 Å². The van der Waals surface area contributed by atoms with Gasteiger partial charge in [-0.3, -0.25) is 0 Å². The Kier molecular flexibility index (Phi) is 6.08. The summed E-state index contributed by atoms with van der Waals surface area (Å²) < 4.78 is 11.1. The molecule has 0 aliphatic rings. The Morgan fingerprint density at radius 1 is 1.16 bits per heavy atom. The van der Waals surface area contributed by atoms with E-state index in [1.54, 1.807) is 24.6 Å². The van der Waals surface area contributed by atoms with E-state index >= 15 is 0 Å². The Bertz CT molecular complexity index is 867. The summed E-state index contributed by atoms with van der Waals surface area (Å²) in [6.07, 6.45) is 1.40. The second-order valence-corrected chi connectivity index (χ2v) is 6.46. The molecule has 5 heteroatoms. The Morgan fingerprint density at radius 3 is 2.68 bits per heavy atom. The van der Waals surface area contributed by atoms with Crippen molar-refractivity contribution in [1.29, 1.82) is 0 Å². The molecule has 25 heavy (non-hydrogen) atoms. The van der Waals surface area contributed by atoms with Crippen LogP contribution in [0.1, 0.15) is 22.1 Å². The largest absolute Gasteiger partial charge is 0.497 e. The maximum atomic E-state index is 6.24. The first kappa shape index (κ1) is 17.5. The van der Waals surface area contributed by atoms with Gasteiger partial charge in [0.25, 0.3) is 0 Å². The highest BCUT2D eigenvalue weighted by Crippen LogP contribution is 2.32. The number of rotatable bonds is 5. The molecule has 3 aromatic rings. The van der Waals surface area contributed by atoms with Crippen LogP contribution in [-0.2, 0) is 4.74 Å². The molecule has 3 rings (SSSR count). The predicted octanol–water partition coefficient (Wildman–Crippen LogP) is 4.96. The van der Waals surface area contributed by atoms with E-state index < -0.39 is 0 Å². The van der Waals surface area contributed by atoms with Gasteiger partial charge in [0.1, 0.15) is 23.6 Å². The zero-order valence-corrected chi connectivity index (χ0v) is 15.2. The highest BCUT2D eigenvalue weighted by molar-refractivity contribution is 7.10. The monoisotopic (exact) mass is 369 g/mol. The molecule has 0 amide bonds. The molecule has 0 aliphatic carbocycles. The fourth-order valence-electron chi connectivity index (χ4n) is 2.30. The number of halogens is 1. The van der Waals surface area contributed by atoms with E-state index in [1.165, 1.54) is 0 Å². The first-order chi connectivity index (χ1) is 12.3. The van der Waals surface area contributed by atoms with E-state index in [2.05, 4.69) is 16.8 Å². The minimum atomic E-state index is -0.272. The zero-order chi connectivity index (χ0) is 17.5. The maximum Gasteiger partial charge on any atom is 0.135 e. The minimum Gasteiger partial charge on any atom is -0.497 e. The van der Waals surface area contributed by atoms with Crippen LogP contribution >= 0.6 is 22.9 Å². The summed E-state index contributed by atoms with van der Waals surface area (Å²) in [7, 11) is 1.64. The summed E-state index contributed by atoms with van der Waals surface area (Å²) in [5, 5.41) is 2.46. The smallest absolute Gasteiger partial charge is 0.135 e. The van der Waals surface area contributed by atoms with Crippen LogP contribution in [-0.4, -0.2) is 18.7 Å². The van der Waals surface area contributed by atoms with Crippen LogP contribution in [0.3, 0.4) is 0 Å². The Morgan fingerprint density at radius 2 is 2.00 bits per heavy atom. The van der Waals surface area contributed by atoms with Crippen LogP contribution in [0.5, 0.6) is 5.75 Å². The van der Waals surface area contributed by atoms with Gasteiger partial charge in [-0.05, 0) is 41.8 Å². The first-order valence-corrected chi connectivity index (χ1v) is 8.92. The third-order valence-electron chi connectivity index (χ3n) is 3.52. The van der Waals surface area contributed by atoms with Gasteiger partial charge in [-0.2, -0.15) is 0 Å². The minimum absolute atomic E-state index is 0.272. The number of benzene rings is 1. The lowest BCUT2D eigenvalue weighted by atomic mass is 10.1. The molecule has 0 spiro atoms. The molecule has 0 fully saturated rings. The number of nitrogens with zero attached hydrogens (tertiary/aromatic N) is 1. The van der Waals surface area contributed by atoms with Gasteiger partial charge in [-0.15, -0.1) is 11.3 Å². The molecule has 0 radical (unpaired) electrons. The van der Waals surface area contributed by atoms with Crippen molar-refractivity contribution in [3.05, 3.63) is 81.3 Å². The number of ether oxygens (including phenoxy) is 2. The van der Waals surface area contributed by atoms with Crippen molar-refractivity contribution in [1.82, 2.24) is 4.98 Å². The van der Waals surface area contributed by atoms with Gasteiger partial charge >= 0.3 is 0 Å². The van der Waals surface area contributed by atoms with Crippen LogP contribution < -0.4 is 4.74 Å². The summed E-state index contributed by atoms with van der Waals surface area (Å²) >= 11 is 7.86. The molecule has 1 aromatic carbocycles. The summed E-state index contributed by atoms with van der Waals surface area (Å²) in [5.74, 6) is 6.95. The van der Waals surface area contributed by atoms with Crippen LogP contribution in [0, 0.1) is 11.8 Å². The summed E-state index contributed by atoms with van der Waals surface area (Å²) in [4.78, 5) is 5.21. The molecule has 0 saturated heterocycles. The molecule has 3 nitrogen and oxygen atoms in total. The zero-order valence-electron chi connectivity index (χ0n) is 13.6. The summed E-state index contributed by atoms with van der Waals surface area (Å²) in [5.41, 5.74) is 1.76. The van der Waals surface area contributed by atoms with Gasteiger partial charge in [0.15, 0.2) is 0 Å². The van der Waals surface area contributed by atoms with Gasteiger partial charge in [0, 0.05) is 22.2 Å². The van der Waals surface area contributed by atoms with Crippen LogP contribution in [0.15, 0.2) is 60.1 Å². The molecule has 0 aliphatic heterocycles. The molecule has 1 atom stereocenters. The van der Waals surface area contributed by atoms with Crippen LogP contribution in [0.4, 0.5) is 0 Å². The number of aromatic nitrogens is 1. The van der Waals surface area contributed by atoms with Gasteiger partial charge in [-0.25, -0.2) is 4.98 Å². The fraction of sp³-hybridized carbons (Fsp3) is 0.150. The number of hydrogen-bond acceptors (Lipinski definition) is 4. The van der Waals surface area contributed by atoms with Crippen molar-refractivity contribution < 1.29 is 9.47 Å². The summed E-state index contributed by atoms with van der Waals surface area (Å²) in [6, 6.07) is 15.4. The molecule has 126 valence electrons. The SMILES string of the molecule is COc1ccc(C#CCOC(c2cccs2)c2cccnc2Cl)cc1. The van der Waals surface area contributed by atoms with E-state index in [9.17, 15) is 0 Å². The van der Waals surface area contributed by atoms with Crippen molar-refractivity contribution in [2.45, 2.75) is 6.10 Å². The number of methoxy groups -OCH3 is 1. The molecule has 1 unspecified atom stereocenters. The van der Waals surface area contributed by atoms with Gasteiger partial charge in [0.05, 0.1) is 7.11 Å². The normalized spacial score (nSPS) is 11.4. The predicted molar refractivity (Wildman–Crippen MR) is 101 cm³/mol. The second-order valence-electron chi connectivity index (χ2n) is 5.12. The molecular formula is C20H16ClNO2S. The highest BCUT2D eigenvalue weighted by atomic mass is 35.5. The Balaban J connectivity index is 1.72. The summed E-state index contributed by atoms with van der Waals surface area (Å²) in [6.45, 7) is 0.291. The van der Waals surface area contributed by atoms with E-state index in [0.29, 0.717) is 11.8 Å². The molecule has 0 bridgehead atoms. The van der Waals surface area contributed by atoms with E-state index in [0.717, 1.165) is 21.8 Å². The Labute approximate surface area is 156 Å². The number of hydrogen-bond donors (Lipinski definition) is 0. The van der Waals surface area contributed by atoms with Crippen LogP contribution in [0.2, 0.25) is 5.15 Å². The lowest BCUT2D eigenvalue weighted by Crippen LogP contribution is -2.06. The van der Waals surface area contributed by atoms with Crippen molar-refractivity contribution >= 4 is 22.9 Å². The average molecular weight is 370 g/mol. The molecule has 2 aromatic heterocycles. The molecule has 0 saturated carbocycles. The van der Waals surface area contributed by atoms with Crippen LogP contribution in [0.25, 0.3) is 0 Å². The third-order valence-corrected chi connectivity index (χ3v) is 4.75. The van der Waals surface area contributed by atoms with Gasteiger partial charge in [-0.1, -0.05) is 35.6 Å². The Hall–Kier alpha value is -2.32. The second kappa shape index (κ2) is 8.68. The fourth-order valence-corrected chi connectivity index (χ4v) is 3.31. The quantitative estimate of drug-likeness (QED) is 0.470. The lowest BCUT2D eigenvalue weighted by molar-refractivity contribution is 0.111. The molecule has 0 N–H and O–H groups in total. The standard InChI is InChI=1S/C20H16ClNO2S/c1-23-16-10-8-15(9-11-16)5-3-13-24-19(18-7-4-14-25-18)17-6-2-12-22-20(17)21/h2,4,6-12,14,19H,13H2,1H3. The molecular weight excluding hydrogens is 354 g/mol. The molecule has 2 heterocycles.